The van der Waals surface area contributed by atoms with E-state index in [1.54, 1.807) is 13.0 Å². The van der Waals surface area contributed by atoms with Gasteiger partial charge in [0.25, 0.3) is 0 Å². The number of esters is 1. The van der Waals surface area contributed by atoms with Gasteiger partial charge in [-0.25, -0.2) is 9.59 Å². The van der Waals surface area contributed by atoms with Crippen molar-refractivity contribution < 1.29 is 83.4 Å². The van der Waals surface area contributed by atoms with Crippen molar-refractivity contribution in [2.24, 2.45) is 91.2 Å². The van der Waals surface area contributed by atoms with Crippen molar-refractivity contribution in [2.75, 3.05) is 27.4 Å². The number of Topliss-reactive ketones (excluding diaryl/α,β-unsaturated/α-hetero) is 1. The molecule has 7 aliphatic carbocycles. The largest absolute Gasteiger partial charge is 0.484 e. The number of carbonyl (C=O) groups is 5. The van der Waals surface area contributed by atoms with Crippen LogP contribution in [0.15, 0.2) is 12.1 Å². The van der Waals surface area contributed by atoms with E-state index in [-0.39, 0.29) is 101 Å². The number of hydrogen-bond donors (Lipinski definition) is 7. The number of aliphatic hydroxyl groups excluding tert-OH is 4. The van der Waals surface area contributed by atoms with Crippen molar-refractivity contribution in [3.05, 3.63) is 28.8 Å². The summed E-state index contributed by atoms with van der Waals surface area (Å²) >= 11 is 0. The van der Waals surface area contributed by atoms with Crippen LogP contribution in [-0.2, 0) is 39.8 Å². The summed E-state index contributed by atoms with van der Waals surface area (Å²) in [5.41, 5.74) is -3.68. The van der Waals surface area contributed by atoms with E-state index in [2.05, 4.69) is 48.5 Å². The van der Waals surface area contributed by atoms with Crippen LogP contribution < -0.4 is 4.74 Å². The van der Waals surface area contributed by atoms with Gasteiger partial charge in [-0.3, -0.25) is 14.4 Å². The number of aliphatic hydroxyl groups is 4. The minimum absolute atomic E-state index is 0.0110. The molecule has 9 aliphatic rings. The molecule has 0 bridgehead atoms. The van der Waals surface area contributed by atoms with E-state index in [4.69, 9.17) is 23.7 Å². The molecule has 2 heterocycles. The number of ketones is 1. The topological polar surface area (TPSA) is 273 Å². The number of carboxylic acids is 3. The second-order valence-corrected chi connectivity index (χ2v) is 27.9. The molecule has 1 aromatic carbocycles. The molecule has 17 heteroatoms. The maximum absolute atomic E-state index is 14.0. The van der Waals surface area contributed by atoms with Crippen LogP contribution in [0.5, 0.6) is 5.75 Å². The zero-order valence-corrected chi connectivity index (χ0v) is 47.5. The summed E-state index contributed by atoms with van der Waals surface area (Å²) in [6, 6.07) is 3.10. The van der Waals surface area contributed by atoms with Gasteiger partial charge < -0.3 is 59.4 Å². The molecule has 0 spiro atoms. The third kappa shape index (κ3) is 7.64. The quantitative estimate of drug-likeness (QED) is 0.0604. The molecule has 1 aromatic rings. The molecule has 0 radical (unpaired) electrons. The fraction of sp³-hybridized carbons (Fsp3) is 0.820. The second kappa shape index (κ2) is 19.5. The van der Waals surface area contributed by atoms with Crippen molar-refractivity contribution in [3.8, 4) is 5.75 Å². The molecule has 78 heavy (non-hydrogen) atoms. The van der Waals surface area contributed by atoms with Gasteiger partial charge in [-0.1, -0.05) is 48.5 Å². The number of benzene rings is 1. The Morgan fingerprint density at radius 3 is 1.81 bits per heavy atom. The first kappa shape index (κ1) is 57.5. The molecule has 434 valence electrons. The van der Waals surface area contributed by atoms with Crippen LogP contribution in [0.4, 0.5) is 0 Å². The van der Waals surface area contributed by atoms with Crippen LogP contribution >= 0.6 is 0 Å². The van der Waals surface area contributed by atoms with Crippen LogP contribution in [0.1, 0.15) is 172 Å². The number of methoxy groups -OCH3 is 2. The molecule has 2 aliphatic heterocycles. The monoisotopic (exact) mass is 1090 g/mol. The first-order chi connectivity index (χ1) is 36.6. The Labute approximate surface area is 458 Å². The molecule has 0 aromatic heterocycles. The van der Waals surface area contributed by atoms with E-state index in [1.807, 2.05) is 0 Å². The second-order valence-electron chi connectivity index (χ2n) is 27.9. The lowest BCUT2D eigenvalue weighted by Crippen LogP contribution is -2.73. The standard InChI is InChI=1S/C61H88O17/c1-30-25-41-55(4,22-17-40-58(41,7)31(2)26-43(59(40,8)53(72)73)76-52-49(75-10)47(67)46(66)48(77-52)51(70)71)36-15-20-54(3)37(57(30,36)6)18-23-60(28-62)38(54)16-21-56(5)39(60)19-24-61(29-63)42(56)27-33-35(78-61)13-11-32(45(33)50(68)69)34(64)12-14-44(65)74-9/h11,13,30-31,36-43,46-49,52,62-63,66-67H,12,14-29H2,1-10H3,(H,68,69)(H,70,71)(H,72,73)/t30-,31-,36?,37?,38?,39?,40?,41?,42?,43?,46?,47?,48?,49?,52?,54-,55+,56-,57+,58+,59-,60-,61-/m1/s1. The molecule has 23 atom stereocenters. The Morgan fingerprint density at radius 1 is 0.667 bits per heavy atom. The lowest BCUT2D eigenvalue weighted by Gasteiger charge is -2.77. The predicted octanol–water partition coefficient (Wildman–Crippen LogP) is 7.58. The zero-order valence-electron chi connectivity index (χ0n) is 47.5. The van der Waals surface area contributed by atoms with E-state index in [0.717, 1.165) is 57.8 Å². The predicted molar refractivity (Wildman–Crippen MR) is 281 cm³/mol. The number of rotatable bonds is 12. The molecule has 7 saturated carbocycles. The molecule has 17 nitrogen and oxygen atoms in total. The summed E-state index contributed by atoms with van der Waals surface area (Å²) in [5.74, 6) is -3.62. The highest BCUT2D eigenvalue weighted by atomic mass is 16.7. The average Bonchev–Trinajstić information content (AvgIpc) is 3.21. The fourth-order valence-electron chi connectivity index (χ4n) is 21.9. The Morgan fingerprint density at radius 2 is 1.23 bits per heavy atom. The van der Waals surface area contributed by atoms with Crippen molar-refractivity contribution >= 4 is 29.7 Å². The minimum atomic E-state index is -1.80. The van der Waals surface area contributed by atoms with Crippen molar-refractivity contribution in [1.29, 1.82) is 0 Å². The summed E-state index contributed by atoms with van der Waals surface area (Å²) in [7, 11) is 2.55. The van der Waals surface area contributed by atoms with Gasteiger partial charge in [0.05, 0.1) is 37.2 Å². The van der Waals surface area contributed by atoms with Crippen LogP contribution in [-0.4, -0.2) is 135 Å². The highest BCUT2D eigenvalue weighted by molar-refractivity contribution is 6.07. The molecule has 7 N–H and O–H groups in total. The molecular weight excluding hydrogens is 1000 g/mol. The van der Waals surface area contributed by atoms with Crippen molar-refractivity contribution in [3.63, 3.8) is 0 Å². The highest BCUT2D eigenvalue weighted by Gasteiger charge is 2.76. The molecule has 1 saturated heterocycles. The Bertz CT molecular complexity index is 2590. The molecule has 0 amide bonds. The molecular formula is C61H88O17. The summed E-state index contributed by atoms with van der Waals surface area (Å²) in [4.78, 5) is 64.9. The van der Waals surface area contributed by atoms with Gasteiger partial charge in [0.1, 0.15) is 29.7 Å². The van der Waals surface area contributed by atoms with Crippen LogP contribution in [0, 0.1) is 91.2 Å². The van der Waals surface area contributed by atoms with Crippen LogP contribution in [0.25, 0.3) is 0 Å². The van der Waals surface area contributed by atoms with Crippen LogP contribution in [0.3, 0.4) is 0 Å². The first-order valence-corrected chi connectivity index (χ1v) is 29.2. The Kier molecular flexibility index (Phi) is 14.4. The van der Waals surface area contributed by atoms with E-state index in [1.165, 1.54) is 20.3 Å². The van der Waals surface area contributed by atoms with E-state index in [0.29, 0.717) is 42.4 Å². The van der Waals surface area contributed by atoms with Gasteiger partial charge >= 0.3 is 23.9 Å². The van der Waals surface area contributed by atoms with Gasteiger partial charge in [0, 0.05) is 42.6 Å². The summed E-state index contributed by atoms with van der Waals surface area (Å²) < 4.78 is 29.5. The summed E-state index contributed by atoms with van der Waals surface area (Å²) in [6.07, 6.45) is 0.574. The number of aliphatic carboxylic acids is 2. The smallest absolute Gasteiger partial charge is 0.336 e. The van der Waals surface area contributed by atoms with Crippen molar-refractivity contribution in [2.45, 2.75) is 194 Å². The summed E-state index contributed by atoms with van der Waals surface area (Å²) in [5, 5.41) is 77.3. The number of ether oxygens (including phenoxy) is 5. The summed E-state index contributed by atoms with van der Waals surface area (Å²) in [6.45, 7) is 18.4. The normalized spacial score (nSPS) is 49.0. The van der Waals surface area contributed by atoms with Crippen molar-refractivity contribution in [1.82, 2.24) is 0 Å². The lowest BCUT2D eigenvalue weighted by atomic mass is 9.27. The maximum Gasteiger partial charge on any atom is 0.336 e. The van der Waals surface area contributed by atoms with E-state index in [9.17, 15) is 59.7 Å². The van der Waals surface area contributed by atoms with Gasteiger partial charge in [0.15, 0.2) is 18.2 Å². The van der Waals surface area contributed by atoms with E-state index >= 15 is 0 Å². The number of carboxylic acid groups (broad SMARTS) is 3. The molecule has 13 unspecified atom stereocenters. The molecule has 10 rings (SSSR count). The number of fused-ring (bicyclic) bond motifs is 14. The third-order valence-electron chi connectivity index (χ3n) is 25.8. The Balaban J connectivity index is 0.935. The van der Waals surface area contributed by atoms with Gasteiger partial charge in [-0.15, -0.1) is 0 Å². The van der Waals surface area contributed by atoms with Gasteiger partial charge in [-0.2, -0.15) is 0 Å². The minimum Gasteiger partial charge on any atom is -0.484 e. The highest BCUT2D eigenvalue weighted by Crippen LogP contribution is 2.81. The number of aromatic carboxylic acids is 1. The lowest BCUT2D eigenvalue weighted by molar-refractivity contribution is -0.335. The van der Waals surface area contributed by atoms with E-state index < -0.39 is 93.7 Å². The first-order valence-electron chi connectivity index (χ1n) is 29.2. The zero-order chi connectivity index (χ0) is 56.8. The molecule has 8 fully saturated rings. The van der Waals surface area contributed by atoms with Gasteiger partial charge in [-0.05, 0) is 177 Å². The fourth-order valence-corrected chi connectivity index (χ4v) is 21.9. The van der Waals surface area contributed by atoms with Gasteiger partial charge in [0.2, 0.25) is 0 Å². The Hall–Kier alpha value is -3.71. The number of carbonyl (C=O) groups excluding carboxylic acids is 2. The third-order valence-corrected chi connectivity index (χ3v) is 25.8. The number of hydrogen-bond acceptors (Lipinski definition) is 14. The SMILES string of the molecule is COC(=O)CCC(=O)c1ccc2c(c1C(=O)O)CC1[C@](CO)(CCC3[C@@]1(C)CCC1[C@]4(C)CCC5[C@]6(C)CCC7[C@@](C)(C(=O)O)C(OC8OC(C(=O)O)C(O)C(O)C8OC)C[C@@H](C)[C@]7(C)C6C[C@@H](C)[C@]5(C)C4CC[C@]31CO)O2. The van der Waals surface area contributed by atoms with Crippen LogP contribution in [0.2, 0.25) is 0 Å². The average molecular weight is 1090 g/mol. The maximum atomic E-state index is 14.0.